The Hall–Kier alpha value is -1.98. The van der Waals surface area contributed by atoms with Crippen molar-refractivity contribution in [3.63, 3.8) is 0 Å². The van der Waals surface area contributed by atoms with Gasteiger partial charge in [0, 0.05) is 11.8 Å². The number of aromatic nitrogens is 1. The molecule has 0 saturated carbocycles. The Morgan fingerprint density at radius 2 is 2.05 bits per heavy atom. The number of nitrogens with one attached hydrogen (secondary N) is 1. The quantitative estimate of drug-likeness (QED) is 0.853. The third-order valence-corrected chi connectivity index (χ3v) is 2.33. The van der Waals surface area contributed by atoms with E-state index in [1.807, 2.05) is 0 Å². The second-order valence-corrected chi connectivity index (χ2v) is 5.30. The Kier molecular flexibility index (Phi) is 4.24. The van der Waals surface area contributed by atoms with Gasteiger partial charge in [0.25, 0.3) is 0 Å². The molecule has 0 aliphatic heterocycles. The highest BCUT2D eigenvalue weighted by molar-refractivity contribution is 5.77. The molecule has 0 fully saturated rings. The molecule has 0 aromatic carbocycles. The summed E-state index contributed by atoms with van der Waals surface area (Å²) in [5, 5.41) is 2.36. The lowest BCUT2D eigenvalue weighted by Gasteiger charge is -2.27. The third-order valence-electron chi connectivity index (χ3n) is 2.33. The van der Waals surface area contributed by atoms with Crippen LogP contribution in [-0.2, 0) is 15.1 Å². The molecule has 0 spiro atoms. The number of alkyl carbamates (subject to hydrolysis) is 1. The first-order valence-corrected chi connectivity index (χ1v) is 5.75. The predicted octanol–water partition coefficient (Wildman–Crippen LogP) is 2.16. The summed E-state index contributed by atoms with van der Waals surface area (Å²) in [6.45, 7) is 6.47. The van der Waals surface area contributed by atoms with Crippen LogP contribution in [0.15, 0.2) is 18.5 Å². The predicted molar refractivity (Wildman–Crippen MR) is 67.0 cm³/mol. The van der Waals surface area contributed by atoms with E-state index in [0.29, 0.717) is 6.29 Å². The number of aldehydes is 1. The molecule has 1 heterocycles. The van der Waals surface area contributed by atoms with Crippen LogP contribution in [0.1, 0.15) is 33.3 Å². The number of halogens is 1. The maximum atomic E-state index is 13.6. The number of rotatable bonds is 3. The fourth-order valence-electron chi connectivity index (χ4n) is 1.47. The van der Waals surface area contributed by atoms with Gasteiger partial charge < -0.3 is 14.8 Å². The highest BCUT2D eigenvalue weighted by Gasteiger charge is 2.32. The first-order chi connectivity index (χ1) is 8.68. The molecule has 0 saturated heterocycles. The molecular formula is C13H17FN2O3. The van der Waals surface area contributed by atoms with E-state index in [-0.39, 0.29) is 5.56 Å². The molecule has 1 rings (SSSR count). The molecule has 1 aromatic heterocycles. The van der Waals surface area contributed by atoms with Crippen LogP contribution in [0.2, 0.25) is 0 Å². The summed E-state index contributed by atoms with van der Waals surface area (Å²) in [6.07, 6.45) is 1.98. The molecule has 6 heteroatoms. The van der Waals surface area contributed by atoms with Crippen LogP contribution in [0.3, 0.4) is 0 Å². The van der Waals surface area contributed by atoms with Crippen LogP contribution in [-0.4, -0.2) is 23.0 Å². The third kappa shape index (κ3) is 4.01. The van der Waals surface area contributed by atoms with E-state index in [9.17, 15) is 14.0 Å². The Labute approximate surface area is 111 Å². The van der Waals surface area contributed by atoms with Crippen LogP contribution in [0.4, 0.5) is 9.18 Å². The molecule has 1 unspecified atom stereocenters. The maximum absolute atomic E-state index is 13.6. The summed E-state index contributed by atoms with van der Waals surface area (Å²) in [5.74, 6) is -0.673. The minimum atomic E-state index is -1.50. The molecule has 0 aliphatic rings. The number of carbonyl (C=O) groups is 2. The molecule has 1 aromatic rings. The molecule has 5 nitrogen and oxygen atoms in total. The van der Waals surface area contributed by atoms with E-state index in [1.165, 1.54) is 19.2 Å². The van der Waals surface area contributed by atoms with E-state index in [0.717, 1.165) is 6.20 Å². The van der Waals surface area contributed by atoms with Gasteiger partial charge in [-0.3, -0.25) is 4.98 Å². The Balaban J connectivity index is 2.97. The van der Waals surface area contributed by atoms with Gasteiger partial charge in [-0.25, -0.2) is 9.18 Å². The summed E-state index contributed by atoms with van der Waals surface area (Å²) < 4.78 is 18.7. The summed E-state index contributed by atoms with van der Waals surface area (Å²) in [7, 11) is 0. The fraction of sp³-hybridized carbons (Fsp3) is 0.462. The monoisotopic (exact) mass is 268 g/mol. The molecule has 0 radical (unpaired) electrons. The normalized spacial score (nSPS) is 14.4. The van der Waals surface area contributed by atoms with Crippen LogP contribution in [0.25, 0.3) is 0 Å². The number of amides is 1. The summed E-state index contributed by atoms with van der Waals surface area (Å²) in [4.78, 5) is 26.5. The molecular weight excluding hydrogens is 251 g/mol. The highest BCUT2D eigenvalue weighted by Crippen LogP contribution is 2.21. The van der Waals surface area contributed by atoms with E-state index in [1.54, 1.807) is 20.8 Å². The highest BCUT2D eigenvalue weighted by atomic mass is 19.1. The van der Waals surface area contributed by atoms with E-state index < -0.39 is 23.1 Å². The molecule has 0 aliphatic carbocycles. The molecule has 1 N–H and O–H groups in total. The van der Waals surface area contributed by atoms with Crippen LogP contribution < -0.4 is 5.32 Å². The minimum Gasteiger partial charge on any atom is -0.444 e. The maximum Gasteiger partial charge on any atom is 0.408 e. The Morgan fingerprint density at radius 3 is 2.53 bits per heavy atom. The zero-order valence-electron chi connectivity index (χ0n) is 11.4. The molecule has 0 bridgehead atoms. The van der Waals surface area contributed by atoms with Crippen molar-refractivity contribution in [2.45, 2.75) is 38.8 Å². The van der Waals surface area contributed by atoms with Crippen molar-refractivity contribution in [1.82, 2.24) is 10.3 Å². The van der Waals surface area contributed by atoms with Gasteiger partial charge in [0.1, 0.15) is 23.2 Å². The Morgan fingerprint density at radius 1 is 1.42 bits per heavy atom. The van der Waals surface area contributed by atoms with Crippen LogP contribution in [0.5, 0.6) is 0 Å². The van der Waals surface area contributed by atoms with E-state index in [2.05, 4.69) is 10.3 Å². The zero-order chi connectivity index (χ0) is 14.7. The van der Waals surface area contributed by atoms with Gasteiger partial charge >= 0.3 is 6.09 Å². The summed E-state index contributed by atoms with van der Waals surface area (Å²) >= 11 is 0. The summed E-state index contributed by atoms with van der Waals surface area (Å²) in [6, 6.07) is 1.33. The number of ether oxygens (including phenoxy) is 1. The van der Waals surface area contributed by atoms with Crippen molar-refractivity contribution in [1.29, 1.82) is 0 Å². The smallest absolute Gasteiger partial charge is 0.408 e. The van der Waals surface area contributed by atoms with Crippen molar-refractivity contribution in [2.75, 3.05) is 0 Å². The van der Waals surface area contributed by atoms with Gasteiger partial charge in [0.2, 0.25) is 0 Å². The first-order valence-electron chi connectivity index (χ1n) is 5.75. The topological polar surface area (TPSA) is 68.3 Å². The molecule has 104 valence electrons. The number of carbonyl (C=O) groups excluding carboxylic acids is 2. The van der Waals surface area contributed by atoms with Crippen LogP contribution >= 0.6 is 0 Å². The average molecular weight is 268 g/mol. The summed E-state index contributed by atoms with van der Waals surface area (Å²) in [5.41, 5.74) is -2.18. The van der Waals surface area contributed by atoms with Gasteiger partial charge in [-0.1, -0.05) is 0 Å². The first kappa shape index (κ1) is 15.1. The van der Waals surface area contributed by atoms with Crippen molar-refractivity contribution in [3.05, 3.63) is 29.8 Å². The number of hydrogen-bond donors (Lipinski definition) is 1. The lowest BCUT2D eigenvalue weighted by atomic mass is 9.94. The second kappa shape index (κ2) is 5.34. The molecule has 19 heavy (non-hydrogen) atoms. The number of hydrogen-bond acceptors (Lipinski definition) is 4. The lowest BCUT2D eigenvalue weighted by Crippen LogP contribution is -2.47. The van der Waals surface area contributed by atoms with Gasteiger partial charge in [-0.15, -0.1) is 0 Å². The minimum absolute atomic E-state index is 0.0309. The zero-order valence-corrected chi connectivity index (χ0v) is 11.4. The largest absolute Gasteiger partial charge is 0.444 e. The van der Waals surface area contributed by atoms with Gasteiger partial charge in [0.05, 0.1) is 6.20 Å². The van der Waals surface area contributed by atoms with Crippen molar-refractivity contribution >= 4 is 12.4 Å². The number of nitrogens with zero attached hydrogens (tertiary/aromatic N) is 1. The average Bonchev–Trinajstić information content (AvgIpc) is 2.26. The lowest BCUT2D eigenvalue weighted by molar-refractivity contribution is -0.113. The standard InChI is InChI=1S/C13H17FN2O3/c1-12(2,3)19-11(18)16-13(4,8-17)9-5-6-15-7-10(9)14/h5-8H,1-4H3,(H,16,18). The Bertz CT molecular complexity index is 485. The fourth-order valence-corrected chi connectivity index (χ4v) is 1.47. The second-order valence-electron chi connectivity index (χ2n) is 5.30. The van der Waals surface area contributed by atoms with Crippen molar-refractivity contribution in [3.8, 4) is 0 Å². The van der Waals surface area contributed by atoms with Crippen molar-refractivity contribution in [2.24, 2.45) is 0 Å². The van der Waals surface area contributed by atoms with E-state index in [4.69, 9.17) is 4.74 Å². The SMILES string of the molecule is CC(C)(C)OC(=O)NC(C)(C=O)c1ccncc1F. The molecule has 1 atom stereocenters. The van der Waals surface area contributed by atoms with Crippen LogP contribution in [0, 0.1) is 5.82 Å². The van der Waals surface area contributed by atoms with Gasteiger partial charge in [0.15, 0.2) is 0 Å². The van der Waals surface area contributed by atoms with Crippen molar-refractivity contribution < 1.29 is 18.7 Å². The van der Waals surface area contributed by atoms with Gasteiger partial charge in [-0.05, 0) is 33.8 Å². The van der Waals surface area contributed by atoms with E-state index >= 15 is 0 Å². The number of pyridine rings is 1. The molecule has 1 amide bonds. The van der Waals surface area contributed by atoms with Gasteiger partial charge in [-0.2, -0.15) is 0 Å².